The second kappa shape index (κ2) is 9.22. The molecule has 1 aromatic heterocycles. The molecule has 0 aromatic carbocycles. The Hall–Kier alpha value is -0.840. The summed E-state index contributed by atoms with van der Waals surface area (Å²) in [5, 5.41) is 5.85. The maximum Gasteiger partial charge on any atom is 0.228 e. The van der Waals surface area contributed by atoms with Gasteiger partial charge < -0.3 is 10.6 Å². The van der Waals surface area contributed by atoms with Crippen molar-refractivity contribution in [3.05, 3.63) is 24.0 Å². The van der Waals surface area contributed by atoms with Crippen LogP contribution in [0.2, 0.25) is 0 Å². The standard InChI is InChI=1S/C11H17N3O.2ClH/c1-8-7-13-5-4-10(8)14-11(15)9(2)6-12-3;;/h4-5,7,9,12H,6H2,1-3H3,(H,13,14,15);2*1H. The Morgan fingerprint density at radius 2 is 2.12 bits per heavy atom. The van der Waals surface area contributed by atoms with E-state index in [0.29, 0.717) is 6.54 Å². The largest absolute Gasteiger partial charge is 0.325 e. The van der Waals surface area contributed by atoms with Gasteiger partial charge in [-0.1, -0.05) is 6.92 Å². The smallest absolute Gasteiger partial charge is 0.228 e. The van der Waals surface area contributed by atoms with Crippen molar-refractivity contribution in [1.29, 1.82) is 0 Å². The first-order chi connectivity index (χ1) is 7.15. The highest BCUT2D eigenvalue weighted by Crippen LogP contribution is 2.12. The van der Waals surface area contributed by atoms with Crippen molar-refractivity contribution in [1.82, 2.24) is 10.3 Å². The van der Waals surface area contributed by atoms with E-state index in [2.05, 4.69) is 15.6 Å². The van der Waals surface area contributed by atoms with Crippen LogP contribution in [-0.4, -0.2) is 24.5 Å². The number of nitrogens with zero attached hydrogens (tertiary/aromatic N) is 1. The molecule has 0 bridgehead atoms. The minimum atomic E-state index is -0.0393. The number of pyridine rings is 1. The topological polar surface area (TPSA) is 54.0 Å². The minimum Gasteiger partial charge on any atom is -0.325 e. The van der Waals surface area contributed by atoms with Gasteiger partial charge >= 0.3 is 0 Å². The van der Waals surface area contributed by atoms with E-state index in [9.17, 15) is 4.79 Å². The van der Waals surface area contributed by atoms with Crippen molar-refractivity contribution in [2.45, 2.75) is 13.8 Å². The van der Waals surface area contributed by atoms with Crippen LogP contribution in [0, 0.1) is 12.8 Å². The molecule has 0 aliphatic carbocycles. The second-order valence-corrected chi connectivity index (χ2v) is 3.64. The fourth-order valence-electron chi connectivity index (χ4n) is 1.27. The molecule has 17 heavy (non-hydrogen) atoms. The van der Waals surface area contributed by atoms with E-state index < -0.39 is 0 Å². The van der Waals surface area contributed by atoms with Gasteiger partial charge in [0.25, 0.3) is 0 Å². The van der Waals surface area contributed by atoms with E-state index in [1.165, 1.54) is 0 Å². The van der Waals surface area contributed by atoms with Gasteiger partial charge in [-0.05, 0) is 25.6 Å². The molecule has 1 heterocycles. The van der Waals surface area contributed by atoms with E-state index >= 15 is 0 Å². The SMILES string of the molecule is CNCC(C)C(=O)Nc1ccncc1C.Cl.Cl. The summed E-state index contributed by atoms with van der Waals surface area (Å²) in [6.07, 6.45) is 3.41. The van der Waals surface area contributed by atoms with Crippen LogP contribution in [0.25, 0.3) is 0 Å². The minimum absolute atomic E-state index is 0. The average molecular weight is 280 g/mol. The molecule has 0 fully saturated rings. The molecule has 0 aliphatic heterocycles. The van der Waals surface area contributed by atoms with Gasteiger partial charge in [0.15, 0.2) is 0 Å². The molecule has 1 unspecified atom stereocenters. The number of halogens is 2. The zero-order valence-corrected chi connectivity index (χ0v) is 11.8. The lowest BCUT2D eigenvalue weighted by Gasteiger charge is -2.12. The summed E-state index contributed by atoms with van der Waals surface area (Å²) in [4.78, 5) is 15.7. The van der Waals surface area contributed by atoms with Crippen molar-refractivity contribution >= 4 is 36.4 Å². The Labute approximate surface area is 114 Å². The van der Waals surface area contributed by atoms with Crippen molar-refractivity contribution < 1.29 is 4.79 Å². The first-order valence-electron chi connectivity index (χ1n) is 5.01. The number of rotatable bonds is 4. The summed E-state index contributed by atoms with van der Waals surface area (Å²) < 4.78 is 0. The fourth-order valence-corrected chi connectivity index (χ4v) is 1.27. The maximum atomic E-state index is 11.7. The molecule has 0 radical (unpaired) electrons. The zero-order chi connectivity index (χ0) is 11.3. The van der Waals surface area contributed by atoms with E-state index in [4.69, 9.17) is 0 Å². The van der Waals surface area contributed by atoms with Gasteiger partial charge in [0.05, 0.1) is 0 Å². The molecule has 4 nitrogen and oxygen atoms in total. The molecule has 0 saturated carbocycles. The molecular weight excluding hydrogens is 261 g/mol. The average Bonchev–Trinajstić information content (AvgIpc) is 2.21. The molecule has 0 aliphatic rings. The highest BCUT2D eigenvalue weighted by atomic mass is 35.5. The van der Waals surface area contributed by atoms with Gasteiger partial charge in [0, 0.05) is 30.5 Å². The van der Waals surface area contributed by atoms with E-state index in [0.717, 1.165) is 11.3 Å². The third kappa shape index (κ3) is 5.86. The molecular formula is C11H19Cl2N3O. The number of aryl methyl sites for hydroxylation is 1. The van der Waals surface area contributed by atoms with Crippen molar-refractivity contribution in [2.75, 3.05) is 18.9 Å². The highest BCUT2D eigenvalue weighted by molar-refractivity contribution is 5.93. The van der Waals surface area contributed by atoms with E-state index in [1.54, 1.807) is 18.5 Å². The summed E-state index contributed by atoms with van der Waals surface area (Å²) in [5.74, 6) is -0.0128. The number of hydrogen-bond acceptors (Lipinski definition) is 3. The van der Waals surface area contributed by atoms with E-state index in [-0.39, 0.29) is 36.6 Å². The lowest BCUT2D eigenvalue weighted by Crippen LogP contribution is -2.28. The van der Waals surface area contributed by atoms with Gasteiger partial charge in [-0.15, -0.1) is 24.8 Å². The Kier molecular flexibility index (Phi) is 10.0. The first-order valence-corrected chi connectivity index (χ1v) is 5.01. The van der Waals surface area contributed by atoms with Crippen LogP contribution in [0.5, 0.6) is 0 Å². The van der Waals surface area contributed by atoms with Gasteiger partial charge in [0.2, 0.25) is 5.91 Å². The van der Waals surface area contributed by atoms with Crippen molar-refractivity contribution in [3.63, 3.8) is 0 Å². The quantitative estimate of drug-likeness (QED) is 0.887. The monoisotopic (exact) mass is 279 g/mol. The van der Waals surface area contributed by atoms with Crippen LogP contribution < -0.4 is 10.6 Å². The van der Waals surface area contributed by atoms with Gasteiger partial charge in [-0.3, -0.25) is 9.78 Å². The molecule has 6 heteroatoms. The summed E-state index contributed by atoms with van der Waals surface area (Å²) >= 11 is 0. The van der Waals surface area contributed by atoms with Crippen LogP contribution in [0.1, 0.15) is 12.5 Å². The van der Waals surface area contributed by atoms with Crippen LogP contribution in [0.3, 0.4) is 0 Å². The molecule has 0 saturated heterocycles. The number of anilines is 1. The Bertz CT molecular complexity index is 347. The highest BCUT2D eigenvalue weighted by Gasteiger charge is 2.12. The molecule has 98 valence electrons. The first kappa shape index (κ1) is 18.5. The van der Waals surface area contributed by atoms with Crippen molar-refractivity contribution in [3.8, 4) is 0 Å². The Morgan fingerprint density at radius 3 is 2.65 bits per heavy atom. The molecule has 2 N–H and O–H groups in total. The summed E-state index contributed by atoms with van der Waals surface area (Å²) in [7, 11) is 1.83. The lowest BCUT2D eigenvalue weighted by atomic mass is 10.1. The van der Waals surface area contributed by atoms with Crippen molar-refractivity contribution in [2.24, 2.45) is 5.92 Å². The van der Waals surface area contributed by atoms with Crippen LogP contribution in [0.15, 0.2) is 18.5 Å². The summed E-state index contributed by atoms with van der Waals surface area (Å²) in [6.45, 7) is 4.49. The second-order valence-electron chi connectivity index (χ2n) is 3.64. The van der Waals surface area contributed by atoms with E-state index in [1.807, 2.05) is 20.9 Å². The summed E-state index contributed by atoms with van der Waals surface area (Å²) in [5.41, 5.74) is 1.81. The molecule has 1 aromatic rings. The third-order valence-corrected chi connectivity index (χ3v) is 2.24. The van der Waals surface area contributed by atoms with Gasteiger partial charge in [-0.25, -0.2) is 0 Å². The third-order valence-electron chi connectivity index (χ3n) is 2.24. The zero-order valence-electron chi connectivity index (χ0n) is 10.2. The van der Waals surface area contributed by atoms with Gasteiger partial charge in [0.1, 0.15) is 0 Å². The van der Waals surface area contributed by atoms with Crippen LogP contribution in [0.4, 0.5) is 5.69 Å². The number of carbonyl (C=O) groups is 1. The number of hydrogen-bond donors (Lipinski definition) is 2. The lowest BCUT2D eigenvalue weighted by molar-refractivity contribution is -0.119. The Balaban J connectivity index is 0. The van der Waals surface area contributed by atoms with Crippen LogP contribution >= 0.6 is 24.8 Å². The molecule has 1 rings (SSSR count). The Morgan fingerprint density at radius 1 is 1.47 bits per heavy atom. The maximum absolute atomic E-state index is 11.7. The number of aromatic nitrogens is 1. The summed E-state index contributed by atoms with van der Waals surface area (Å²) in [6, 6.07) is 1.80. The number of amides is 1. The van der Waals surface area contributed by atoms with Gasteiger partial charge in [-0.2, -0.15) is 0 Å². The number of nitrogens with one attached hydrogen (secondary N) is 2. The predicted octanol–water partition coefficient (Wildman–Crippen LogP) is 2.03. The molecule has 1 atom stereocenters. The normalized spacial score (nSPS) is 10.8. The molecule has 0 spiro atoms. The molecule has 1 amide bonds. The fraction of sp³-hybridized carbons (Fsp3) is 0.455. The number of carbonyl (C=O) groups excluding carboxylic acids is 1. The van der Waals surface area contributed by atoms with Crippen LogP contribution in [-0.2, 0) is 4.79 Å². The predicted molar refractivity (Wildman–Crippen MR) is 75.2 cm³/mol.